The fourth-order valence-corrected chi connectivity index (χ4v) is 4.86. The van der Waals surface area contributed by atoms with Gasteiger partial charge in [0.1, 0.15) is 6.33 Å². The van der Waals surface area contributed by atoms with Gasteiger partial charge >= 0.3 is 6.18 Å². The summed E-state index contributed by atoms with van der Waals surface area (Å²) in [6.07, 6.45) is 4.80. The maximum Gasteiger partial charge on any atom is 0.419 e. The molecule has 6 heteroatoms. The van der Waals surface area contributed by atoms with E-state index in [0.29, 0.717) is 23.9 Å². The van der Waals surface area contributed by atoms with Crippen LogP contribution in [0.4, 0.5) is 13.2 Å². The predicted octanol–water partition coefficient (Wildman–Crippen LogP) is 4.47. The Morgan fingerprint density at radius 1 is 1.33 bits per heavy atom. The summed E-state index contributed by atoms with van der Waals surface area (Å²) in [7, 11) is 0. The second kappa shape index (κ2) is 6.62. The van der Waals surface area contributed by atoms with Gasteiger partial charge in [0.25, 0.3) is 0 Å². The lowest BCUT2D eigenvalue weighted by Gasteiger charge is -2.36. The first-order valence-electron chi connectivity index (χ1n) is 8.95. The molecule has 0 bridgehead atoms. The van der Waals surface area contributed by atoms with Crippen molar-refractivity contribution in [2.75, 3.05) is 6.54 Å². The first kappa shape index (κ1) is 17.6. The van der Waals surface area contributed by atoms with E-state index in [1.165, 1.54) is 32.0 Å². The Labute approximate surface area is 141 Å². The summed E-state index contributed by atoms with van der Waals surface area (Å²) in [5.74, 6) is 0.656. The van der Waals surface area contributed by atoms with Gasteiger partial charge < -0.3 is 0 Å². The van der Waals surface area contributed by atoms with Crippen molar-refractivity contribution in [1.82, 2.24) is 14.9 Å². The molecule has 1 aromatic heterocycles. The number of halogens is 3. The molecule has 0 aliphatic carbocycles. The summed E-state index contributed by atoms with van der Waals surface area (Å²) in [6.45, 7) is 5.61. The van der Waals surface area contributed by atoms with Gasteiger partial charge in [-0.25, -0.2) is 9.97 Å². The first-order valence-corrected chi connectivity index (χ1v) is 8.95. The fourth-order valence-electron chi connectivity index (χ4n) is 4.86. The minimum absolute atomic E-state index is 0.137. The lowest BCUT2D eigenvalue weighted by Crippen LogP contribution is -2.43. The second-order valence-electron chi connectivity index (χ2n) is 7.73. The van der Waals surface area contributed by atoms with Crippen LogP contribution in [0.3, 0.4) is 0 Å². The van der Waals surface area contributed by atoms with E-state index in [2.05, 4.69) is 28.7 Å². The third-order valence-electron chi connectivity index (χ3n) is 5.64. The maximum absolute atomic E-state index is 13.1. The van der Waals surface area contributed by atoms with Crippen LogP contribution in [0.25, 0.3) is 0 Å². The number of hydrogen-bond acceptors (Lipinski definition) is 3. The molecular formula is C18H26F3N3. The lowest BCUT2D eigenvalue weighted by atomic mass is 9.85. The molecule has 2 aliphatic rings. The topological polar surface area (TPSA) is 29.0 Å². The minimum Gasteiger partial charge on any atom is -0.295 e. The Hall–Kier alpha value is -1.17. The monoisotopic (exact) mass is 341 g/mol. The van der Waals surface area contributed by atoms with E-state index >= 15 is 0 Å². The van der Waals surface area contributed by atoms with Gasteiger partial charge in [0.2, 0.25) is 0 Å². The fraction of sp³-hybridized carbons (Fsp3) is 0.778. The SMILES string of the molecule is CC(C)CC12CCCN1C(CCc1ncncc1C(F)(F)F)CC2. The molecule has 0 N–H and O–H groups in total. The minimum atomic E-state index is -4.37. The van der Waals surface area contributed by atoms with Crippen molar-refractivity contribution in [3.8, 4) is 0 Å². The van der Waals surface area contributed by atoms with E-state index in [-0.39, 0.29) is 5.69 Å². The van der Waals surface area contributed by atoms with Crippen LogP contribution in [0.1, 0.15) is 63.6 Å². The molecule has 2 saturated heterocycles. The van der Waals surface area contributed by atoms with Crippen LogP contribution in [0.5, 0.6) is 0 Å². The highest BCUT2D eigenvalue weighted by Gasteiger charge is 2.48. The maximum atomic E-state index is 13.1. The normalized spacial score (nSPS) is 27.8. The zero-order valence-corrected chi connectivity index (χ0v) is 14.4. The number of fused-ring (bicyclic) bond motifs is 1. The molecule has 3 nitrogen and oxygen atoms in total. The van der Waals surface area contributed by atoms with Crippen LogP contribution >= 0.6 is 0 Å². The van der Waals surface area contributed by atoms with E-state index in [4.69, 9.17) is 0 Å². The van der Waals surface area contributed by atoms with E-state index in [1.807, 2.05) is 0 Å². The summed E-state index contributed by atoms with van der Waals surface area (Å²) in [5, 5.41) is 0. The van der Waals surface area contributed by atoms with E-state index < -0.39 is 11.7 Å². The molecule has 3 heterocycles. The van der Waals surface area contributed by atoms with Gasteiger partial charge in [-0.1, -0.05) is 13.8 Å². The quantitative estimate of drug-likeness (QED) is 0.791. The van der Waals surface area contributed by atoms with E-state index in [9.17, 15) is 13.2 Å². The van der Waals surface area contributed by atoms with Crippen LogP contribution in [0.15, 0.2) is 12.5 Å². The van der Waals surface area contributed by atoms with Crippen molar-refractivity contribution < 1.29 is 13.2 Å². The Kier molecular flexibility index (Phi) is 4.87. The molecule has 0 aromatic carbocycles. The molecule has 0 spiro atoms. The van der Waals surface area contributed by atoms with Crippen LogP contribution in [0, 0.1) is 5.92 Å². The number of nitrogens with zero attached hydrogens (tertiary/aromatic N) is 3. The van der Waals surface area contributed by atoms with Crippen molar-refractivity contribution >= 4 is 0 Å². The number of aromatic nitrogens is 2. The molecule has 2 aliphatic heterocycles. The van der Waals surface area contributed by atoms with Crippen molar-refractivity contribution in [2.45, 2.75) is 76.6 Å². The highest BCUT2D eigenvalue weighted by atomic mass is 19.4. The molecule has 24 heavy (non-hydrogen) atoms. The molecule has 3 rings (SSSR count). The summed E-state index contributed by atoms with van der Waals surface area (Å²) in [6, 6.07) is 0.391. The summed E-state index contributed by atoms with van der Waals surface area (Å²) < 4.78 is 39.2. The standard InChI is InChI=1S/C18H26F3N3/c1-13(2)10-17-7-3-9-24(17)14(6-8-17)4-5-16-15(18(19,20)21)11-22-12-23-16/h11-14H,3-10H2,1-2H3. The zero-order valence-electron chi connectivity index (χ0n) is 14.4. The summed E-state index contributed by atoms with van der Waals surface area (Å²) in [5.41, 5.74) is -0.243. The van der Waals surface area contributed by atoms with Gasteiger partial charge in [0.05, 0.1) is 11.3 Å². The summed E-state index contributed by atoms with van der Waals surface area (Å²) in [4.78, 5) is 10.1. The van der Waals surface area contributed by atoms with E-state index in [1.54, 1.807) is 0 Å². The average molecular weight is 341 g/mol. The van der Waals surface area contributed by atoms with Crippen LogP contribution in [-0.2, 0) is 12.6 Å². The van der Waals surface area contributed by atoms with Gasteiger partial charge in [-0.15, -0.1) is 0 Å². The molecule has 0 amide bonds. The number of alkyl halides is 3. The average Bonchev–Trinajstić information content (AvgIpc) is 3.02. The van der Waals surface area contributed by atoms with Gasteiger partial charge in [-0.05, 0) is 57.4 Å². The van der Waals surface area contributed by atoms with Crippen LogP contribution < -0.4 is 0 Å². The third kappa shape index (κ3) is 3.44. The third-order valence-corrected chi connectivity index (χ3v) is 5.64. The highest BCUT2D eigenvalue weighted by Crippen LogP contribution is 2.47. The zero-order chi connectivity index (χ0) is 17.4. The Balaban J connectivity index is 1.69. The molecule has 2 unspecified atom stereocenters. The molecule has 134 valence electrons. The Morgan fingerprint density at radius 3 is 2.83 bits per heavy atom. The summed E-state index contributed by atoms with van der Waals surface area (Å²) >= 11 is 0. The van der Waals surface area contributed by atoms with Gasteiger partial charge in [0.15, 0.2) is 0 Å². The number of hydrogen-bond donors (Lipinski definition) is 0. The molecule has 0 radical (unpaired) electrons. The van der Waals surface area contributed by atoms with Crippen molar-refractivity contribution in [2.24, 2.45) is 5.92 Å². The van der Waals surface area contributed by atoms with Crippen LogP contribution in [0.2, 0.25) is 0 Å². The second-order valence-corrected chi connectivity index (χ2v) is 7.73. The highest BCUT2D eigenvalue weighted by molar-refractivity contribution is 5.20. The molecule has 2 atom stereocenters. The van der Waals surface area contributed by atoms with Gasteiger partial charge in [-0.2, -0.15) is 13.2 Å². The van der Waals surface area contributed by atoms with Crippen molar-refractivity contribution in [3.05, 3.63) is 23.8 Å². The van der Waals surface area contributed by atoms with Crippen LogP contribution in [-0.4, -0.2) is 33.0 Å². The molecular weight excluding hydrogens is 315 g/mol. The smallest absolute Gasteiger partial charge is 0.295 e. The molecule has 1 aromatic rings. The van der Waals surface area contributed by atoms with Gasteiger partial charge in [-0.3, -0.25) is 4.90 Å². The lowest BCUT2D eigenvalue weighted by molar-refractivity contribution is -0.138. The van der Waals surface area contributed by atoms with Crippen molar-refractivity contribution in [1.29, 1.82) is 0 Å². The Morgan fingerprint density at radius 2 is 2.12 bits per heavy atom. The molecule has 2 fully saturated rings. The largest absolute Gasteiger partial charge is 0.419 e. The predicted molar refractivity (Wildman–Crippen MR) is 86.5 cm³/mol. The Bertz CT molecular complexity index is 573. The van der Waals surface area contributed by atoms with Crippen molar-refractivity contribution in [3.63, 3.8) is 0 Å². The van der Waals surface area contributed by atoms with Gasteiger partial charge in [0, 0.05) is 17.8 Å². The first-order chi connectivity index (χ1) is 11.3. The number of rotatable bonds is 5. The van der Waals surface area contributed by atoms with E-state index in [0.717, 1.165) is 25.6 Å². The number of aryl methyl sites for hydroxylation is 1. The molecule has 0 saturated carbocycles.